The quantitative estimate of drug-likeness (QED) is 0.698. The molecule has 0 amide bonds. The molecular weight excluding hydrogens is 220 g/mol. The number of halogens is 1. The van der Waals surface area contributed by atoms with E-state index in [4.69, 9.17) is 9.31 Å². The summed E-state index contributed by atoms with van der Waals surface area (Å²) in [5.74, 6) is -0.336. The predicted octanol–water partition coefficient (Wildman–Crippen LogP) is 1.83. The average Bonchev–Trinajstić information content (AvgIpc) is 2.40. The second-order valence-corrected chi connectivity index (χ2v) is 5.42. The molecule has 17 heavy (non-hydrogen) atoms. The molecule has 1 saturated heterocycles. The molecule has 0 bridgehead atoms. The molecule has 3 nitrogen and oxygen atoms in total. The molecule has 1 aliphatic heterocycles. The lowest BCUT2D eigenvalue weighted by atomic mass is 9.77. The van der Waals surface area contributed by atoms with Gasteiger partial charge in [-0.1, -0.05) is 0 Å². The summed E-state index contributed by atoms with van der Waals surface area (Å²) in [5.41, 5.74) is 0.342. The Morgan fingerprint density at radius 1 is 1.12 bits per heavy atom. The maximum absolute atomic E-state index is 13.4. The molecule has 1 aromatic heterocycles. The molecule has 1 aliphatic rings. The Kier molecular flexibility index (Phi) is 2.79. The first-order valence-corrected chi connectivity index (χ1v) is 5.70. The van der Waals surface area contributed by atoms with Gasteiger partial charge in [-0.3, -0.25) is 4.98 Å². The molecule has 0 saturated carbocycles. The van der Waals surface area contributed by atoms with Gasteiger partial charge in [0.25, 0.3) is 0 Å². The minimum atomic E-state index is -0.553. The molecule has 0 unspecified atom stereocenters. The van der Waals surface area contributed by atoms with Crippen LogP contribution in [0.5, 0.6) is 0 Å². The van der Waals surface area contributed by atoms with Crippen LogP contribution in [0.2, 0.25) is 0 Å². The predicted molar refractivity (Wildman–Crippen MR) is 64.6 cm³/mol. The summed E-state index contributed by atoms with van der Waals surface area (Å²) in [4.78, 5) is 3.85. The van der Waals surface area contributed by atoms with Crippen molar-refractivity contribution in [1.29, 1.82) is 0 Å². The lowest BCUT2D eigenvalue weighted by Crippen LogP contribution is -2.41. The molecule has 1 fully saturated rings. The fourth-order valence-electron chi connectivity index (χ4n) is 1.72. The van der Waals surface area contributed by atoms with Crippen molar-refractivity contribution in [3.63, 3.8) is 0 Å². The first-order chi connectivity index (χ1) is 7.74. The van der Waals surface area contributed by atoms with Crippen LogP contribution < -0.4 is 5.46 Å². The van der Waals surface area contributed by atoms with Crippen LogP contribution >= 0.6 is 0 Å². The maximum atomic E-state index is 13.4. The van der Waals surface area contributed by atoms with E-state index < -0.39 is 18.3 Å². The Hall–Kier alpha value is -0.935. The lowest BCUT2D eigenvalue weighted by molar-refractivity contribution is 0.00578. The van der Waals surface area contributed by atoms with Crippen molar-refractivity contribution in [2.45, 2.75) is 45.8 Å². The number of nitrogens with zero attached hydrogens (tertiary/aromatic N) is 1. The van der Waals surface area contributed by atoms with Gasteiger partial charge in [-0.25, -0.2) is 4.39 Å². The van der Waals surface area contributed by atoms with E-state index in [2.05, 4.69) is 4.98 Å². The Balaban J connectivity index is 2.36. The molecule has 92 valence electrons. The summed E-state index contributed by atoms with van der Waals surface area (Å²) in [6.07, 6.45) is 2.80. The van der Waals surface area contributed by atoms with Crippen LogP contribution in [0.15, 0.2) is 12.4 Å². The zero-order valence-electron chi connectivity index (χ0n) is 10.9. The summed E-state index contributed by atoms with van der Waals surface area (Å²) in [6, 6.07) is 0. The Morgan fingerprint density at radius 2 is 1.65 bits per heavy atom. The van der Waals surface area contributed by atoms with E-state index in [1.165, 1.54) is 6.20 Å². The molecule has 2 rings (SSSR count). The van der Waals surface area contributed by atoms with Crippen molar-refractivity contribution in [2.75, 3.05) is 0 Å². The summed E-state index contributed by atoms with van der Waals surface area (Å²) in [5, 5.41) is 0. The third-order valence-corrected chi connectivity index (χ3v) is 3.70. The number of pyridine rings is 1. The fraction of sp³-hybridized carbons (Fsp3) is 0.583. The first kappa shape index (κ1) is 12.5. The Morgan fingerprint density at radius 3 is 2.18 bits per heavy atom. The molecule has 2 heterocycles. The van der Waals surface area contributed by atoms with Gasteiger partial charge in [-0.15, -0.1) is 0 Å². The number of aromatic nitrogens is 1. The van der Waals surface area contributed by atoms with Gasteiger partial charge >= 0.3 is 7.12 Å². The van der Waals surface area contributed by atoms with E-state index >= 15 is 0 Å². The van der Waals surface area contributed by atoms with Crippen LogP contribution in [0.4, 0.5) is 4.39 Å². The average molecular weight is 237 g/mol. The maximum Gasteiger partial charge on any atom is 0.496 e. The second-order valence-electron chi connectivity index (χ2n) is 5.42. The topological polar surface area (TPSA) is 31.4 Å². The second kappa shape index (κ2) is 3.78. The van der Waals surface area contributed by atoms with E-state index in [1.54, 1.807) is 13.1 Å². The largest absolute Gasteiger partial charge is 0.496 e. The monoisotopic (exact) mass is 237 g/mol. The third kappa shape index (κ3) is 1.98. The first-order valence-electron chi connectivity index (χ1n) is 5.70. The molecule has 1 aromatic rings. The molecule has 5 heteroatoms. The van der Waals surface area contributed by atoms with Crippen LogP contribution in [0.25, 0.3) is 0 Å². The zero-order valence-corrected chi connectivity index (χ0v) is 10.9. The van der Waals surface area contributed by atoms with Gasteiger partial charge in [-0.05, 0) is 40.2 Å². The van der Waals surface area contributed by atoms with Crippen molar-refractivity contribution >= 4 is 12.6 Å². The Labute approximate surface area is 101 Å². The smallest absolute Gasteiger partial charge is 0.399 e. The van der Waals surface area contributed by atoms with Gasteiger partial charge in [0.1, 0.15) is 5.82 Å². The van der Waals surface area contributed by atoms with Crippen molar-refractivity contribution in [2.24, 2.45) is 0 Å². The number of hydrogen-bond donors (Lipinski definition) is 0. The van der Waals surface area contributed by atoms with Crippen molar-refractivity contribution in [1.82, 2.24) is 4.98 Å². The summed E-state index contributed by atoms with van der Waals surface area (Å²) < 4.78 is 25.2. The van der Waals surface area contributed by atoms with Gasteiger partial charge in [0.15, 0.2) is 0 Å². The molecule has 0 atom stereocenters. The molecular formula is C12H17BFNO2. The summed E-state index contributed by atoms with van der Waals surface area (Å²) in [6.45, 7) is 9.58. The van der Waals surface area contributed by atoms with E-state index in [-0.39, 0.29) is 5.82 Å². The minimum Gasteiger partial charge on any atom is -0.399 e. The minimum absolute atomic E-state index is 0.336. The Bertz CT molecular complexity index is 432. The molecule has 0 aliphatic carbocycles. The molecule has 0 N–H and O–H groups in total. The van der Waals surface area contributed by atoms with Crippen LogP contribution in [-0.4, -0.2) is 23.3 Å². The van der Waals surface area contributed by atoms with Gasteiger partial charge in [0.05, 0.1) is 17.4 Å². The number of rotatable bonds is 1. The fourth-order valence-corrected chi connectivity index (χ4v) is 1.72. The van der Waals surface area contributed by atoms with Crippen LogP contribution in [0, 0.1) is 12.7 Å². The molecule has 0 spiro atoms. The van der Waals surface area contributed by atoms with Crippen LogP contribution in [0.1, 0.15) is 33.3 Å². The summed E-state index contributed by atoms with van der Waals surface area (Å²) >= 11 is 0. The van der Waals surface area contributed by atoms with E-state index in [0.29, 0.717) is 11.0 Å². The highest BCUT2D eigenvalue weighted by atomic mass is 19.1. The highest BCUT2D eigenvalue weighted by Crippen LogP contribution is 2.36. The standard InChI is InChI=1S/C12H17BFNO2/c1-8-9(6-15-7-10(8)14)13-16-11(2,3)12(4,5)17-13/h6-7H,1-5H3. The van der Waals surface area contributed by atoms with E-state index in [0.717, 1.165) is 0 Å². The van der Waals surface area contributed by atoms with Crippen molar-refractivity contribution in [3.8, 4) is 0 Å². The highest BCUT2D eigenvalue weighted by Gasteiger charge is 2.52. The van der Waals surface area contributed by atoms with Gasteiger partial charge in [0, 0.05) is 11.7 Å². The highest BCUT2D eigenvalue weighted by molar-refractivity contribution is 6.62. The third-order valence-electron chi connectivity index (χ3n) is 3.70. The lowest BCUT2D eigenvalue weighted by Gasteiger charge is -2.32. The van der Waals surface area contributed by atoms with Gasteiger partial charge in [-0.2, -0.15) is 0 Å². The van der Waals surface area contributed by atoms with Crippen molar-refractivity contribution in [3.05, 3.63) is 23.8 Å². The van der Waals surface area contributed by atoms with E-state index in [9.17, 15) is 4.39 Å². The van der Waals surface area contributed by atoms with Gasteiger partial charge < -0.3 is 9.31 Å². The SMILES string of the molecule is Cc1c(F)cncc1B1OC(C)(C)C(C)(C)O1. The molecule has 0 aromatic carbocycles. The molecule has 0 radical (unpaired) electrons. The van der Waals surface area contributed by atoms with Crippen LogP contribution in [0.3, 0.4) is 0 Å². The van der Waals surface area contributed by atoms with Crippen LogP contribution in [-0.2, 0) is 9.31 Å². The number of hydrogen-bond acceptors (Lipinski definition) is 3. The summed E-state index contributed by atoms with van der Waals surface area (Å²) in [7, 11) is -0.553. The van der Waals surface area contributed by atoms with E-state index in [1.807, 2.05) is 27.7 Å². The zero-order chi connectivity index (χ0) is 12.8. The normalized spacial score (nSPS) is 21.9. The van der Waals surface area contributed by atoms with Crippen molar-refractivity contribution < 1.29 is 13.7 Å². The van der Waals surface area contributed by atoms with Gasteiger partial charge in [0.2, 0.25) is 0 Å².